The normalized spacial score (nSPS) is 31.6. The number of rotatable bonds is 2. The number of hydrogen-bond donors (Lipinski definition) is 2. The van der Waals surface area contributed by atoms with E-state index in [2.05, 4.69) is 5.32 Å². The Morgan fingerprint density at radius 3 is 2.47 bits per heavy atom. The van der Waals surface area contributed by atoms with Gasteiger partial charge in [-0.15, -0.1) is 12.4 Å². The molecule has 0 amide bonds. The van der Waals surface area contributed by atoms with Crippen molar-refractivity contribution < 1.29 is 19.4 Å². The first-order valence-electron chi connectivity index (χ1n) is 5.74. The Kier molecular flexibility index (Phi) is 4.77. The van der Waals surface area contributed by atoms with E-state index in [0.717, 1.165) is 6.54 Å². The second-order valence-corrected chi connectivity index (χ2v) is 4.64. The molecule has 0 aliphatic carbocycles. The van der Waals surface area contributed by atoms with Crippen LogP contribution in [0.25, 0.3) is 0 Å². The maximum atomic E-state index is 12.0. The molecule has 0 saturated carbocycles. The zero-order valence-corrected chi connectivity index (χ0v) is 10.8. The number of aliphatic hydroxyl groups is 1. The second-order valence-electron chi connectivity index (χ2n) is 4.64. The van der Waals surface area contributed by atoms with Crippen molar-refractivity contribution >= 4 is 18.4 Å². The van der Waals surface area contributed by atoms with Gasteiger partial charge in [0.1, 0.15) is 5.41 Å². The lowest BCUT2D eigenvalue weighted by Crippen LogP contribution is -2.57. The van der Waals surface area contributed by atoms with E-state index in [1.54, 1.807) is 0 Å². The summed E-state index contributed by atoms with van der Waals surface area (Å²) in [5.41, 5.74) is -1.77. The van der Waals surface area contributed by atoms with Crippen LogP contribution in [-0.2, 0) is 14.3 Å². The Morgan fingerprint density at radius 1 is 1.35 bits per heavy atom. The summed E-state index contributed by atoms with van der Waals surface area (Å²) in [5, 5.41) is 13.8. The quantitative estimate of drug-likeness (QED) is 0.694. The third-order valence-corrected chi connectivity index (χ3v) is 3.95. The van der Waals surface area contributed by atoms with Gasteiger partial charge < -0.3 is 19.9 Å². The Hall–Kier alpha value is -0.360. The number of esters is 1. The average Bonchev–Trinajstić information content (AvgIpc) is 2.77. The van der Waals surface area contributed by atoms with Crippen LogP contribution in [0.2, 0.25) is 0 Å². The molecule has 2 rings (SSSR count). The van der Waals surface area contributed by atoms with Gasteiger partial charge in [0, 0.05) is 19.8 Å². The molecule has 1 unspecified atom stereocenters. The summed E-state index contributed by atoms with van der Waals surface area (Å²) in [5.74, 6) is -0.304. The van der Waals surface area contributed by atoms with Crippen molar-refractivity contribution in [2.75, 3.05) is 33.4 Å². The number of halogens is 1. The predicted octanol–water partition coefficient (Wildman–Crippen LogP) is 0.102. The molecule has 2 N–H and O–H groups in total. The Balaban J connectivity index is 0.00000144. The van der Waals surface area contributed by atoms with Gasteiger partial charge in [-0.3, -0.25) is 4.79 Å². The number of carbonyl (C=O) groups is 1. The van der Waals surface area contributed by atoms with Crippen molar-refractivity contribution in [3.8, 4) is 0 Å². The first kappa shape index (κ1) is 14.7. The van der Waals surface area contributed by atoms with Crippen LogP contribution in [0.15, 0.2) is 0 Å². The van der Waals surface area contributed by atoms with Gasteiger partial charge >= 0.3 is 5.97 Å². The smallest absolute Gasteiger partial charge is 0.314 e. The maximum absolute atomic E-state index is 12.0. The largest absolute Gasteiger partial charge is 0.469 e. The van der Waals surface area contributed by atoms with E-state index in [4.69, 9.17) is 9.47 Å². The molecule has 0 bridgehead atoms. The van der Waals surface area contributed by atoms with Gasteiger partial charge in [0.15, 0.2) is 0 Å². The fourth-order valence-corrected chi connectivity index (χ4v) is 2.86. The number of β-amino-alcohol motifs (C(OH)–C–C–N with tert-alkyl or cyclic N) is 1. The van der Waals surface area contributed by atoms with Crippen LogP contribution in [0.4, 0.5) is 0 Å². The Labute approximate surface area is 107 Å². The molecule has 1 atom stereocenters. The van der Waals surface area contributed by atoms with Gasteiger partial charge in [0.05, 0.1) is 12.7 Å². The lowest BCUT2D eigenvalue weighted by molar-refractivity contribution is -0.184. The summed E-state index contributed by atoms with van der Waals surface area (Å²) in [6.45, 7) is 2.23. The second kappa shape index (κ2) is 5.52. The van der Waals surface area contributed by atoms with Crippen LogP contribution in [0.3, 0.4) is 0 Å². The summed E-state index contributed by atoms with van der Waals surface area (Å²) in [4.78, 5) is 12.0. The van der Waals surface area contributed by atoms with Crippen LogP contribution in [0.5, 0.6) is 0 Å². The van der Waals surface area contributed by atoms with Gasteiger partial charge in [-0.05, 0) is 25.8 Å². The molecule has 0 spiro atoms. The minimum atomic E-state index is -0.982. The third kappa shape index (κ3) is 2.29. The standard InChI is InChI=1S/C11H19NO4.ClH/c1-15-9(13)10(3-6-16-7-4-10)11(14)2-5-12-8-11;/h12,14H,2-8H2,1H3;1H. The summed E-state index contributed by atoms with van der Waals surface area (Å²) in [6, 6.07) is 0. The first-order chi connectivity index (χ1) is 7.65. The lowest BCUT2D eigenvalue weighted by Gasteiger charge is -2.44. The van der Waals surface area contributed by atoms with Gasteiger partial charge in [-0.1, -0.05) is 0 Å². The number of hydrogen-bond acceptors (Lipinski definition) is 5. The molecule has 100 valence electrons. The van der Waals surface area contributed by atoms with Crippen LogP contribution >= 0.6 is 12.4 Å². The summed E-state index contributed by atoms with van der Waals surface area (Å²) < 4.78 is 10.2. The van der Waals surface area contributed by atoms with E-state index < -0.39 is 11.0 Å². The zero-order chi connectivity index (χ0) is 11.6. The van der Waals surface area contributed by atoms with Crippen molar-refractivity contribution in [1.29, 1.82) is 0 Å². The molecule has 2 fully saturated rings. The molecule has 0 aromatic heterocycles. The number of nitrogens with one attached hydrogen (secondary N) is 1. The zero-order valence-electron chi connectivity index (χ0n) is 10.0. The van der Waals surface area contributed by atoms with Gasteiger partial charge in [0.25, 0.3) is 0 Å². The molecule has 2 heterocycles. The van der Waals surface area contributed by atoms with E-state index >= 15 is 0 Å². The monoisotopic (exact) mass is 265 g/mol. The summed E-state index contributed by atoms with van der Waals surface area (Å²) in [7, 11) is 1.38. The molecule has 2 saturated heterocycles. The Morgan fingerprint density at radius 2 is 2.00 bits per heavy atom. The first-order valence-corrected chi connectivity index (χ1v) is 5.74. The predicted molar refractivity (Wildman–Crippen MR) is 64.2 cm³/mol. The summed E-state index contributed by atoms with van der Waals surface area (Å²) in [6.07, 6.45) is 1.68. The van der Waals surface area contributed by atoms with Crippen LogP contribution < -0.4 is 5.32 Å². The molecule has 5 nitrogen and oxygen atoms in total. The third-order valence-electron chi connectivity index (χ3n) is 3.95. The van der Waals surface area contributed by atoms with E-state index in [-0.39, 0.29) is 18.4 Å². The van der Waals surface area contributed by atoms with Crippen molar-refractivity contribution in [1.82, 2.24) is 5.32 Å². The van der Waals surface area contributed by atoms with E-state index in [0.29, 0.717) is 39.0 Å². The number of ether oxygens (including phenoxy) is 2. The lowest BCUT2D eigenvalue weighted by atomic mass is 9.66. The van der Waals surface area contributed by atoms with Crippen molar-refractivity contribution in [3.63, 3.8) is 0 Å². The van der Waals surface area contributed by atoms with E-state index in [1.807, 2.05) is 0 Å². The van der Waals surface area contributed by atoms with Gasteiger partial charge in [-0.2, -0.15) is 0 Å². The maximum Gasteiger partial charge on any atom is 0.314 e. The van der Waals surface area contributed by atoms with Crippen molar-refractivity contribution in [2.24, 2.45) is 5.41 Å². The molecule has 0 aromatic carbocycles. The van der Waals surface area contributed by atoms with Crippen LogP contribution in [-0.4, -0.2) is 50.1 Å². The van der Waals surface area contributed by atoms with Crippen molar-refractivity contribution in [3.05, 3.63) is 0 Å². The van der Waals surface area contributed by atoms with Crippen LogP contribution in [0, 0.1) is 5.41 Å². The molecular formula is C11H20ClNO4. The van der Waals surface area contributed by atoms with Crippen molar-refractivity contribution in [2.45, 2.75) is 24.9 Å². The molecule has 2 aliphatic rings. The van der Waals surface area contributed by atoms with E-state index in [1.165, 1.54) is 7.11 Å². The molecule has 0 aromatic rings. The molecule has 6 heteroatoms. The van der Waals surface area contributed by atoms with E-state index in [9.17, 15) is 9.90 Å². The highest BCUT2D eigenvalue weighted by Gasteiger charge is 2.57. The number of carbonyl (C=O) groups excluding carboxylic acids is 1. The van der Waals surface area contributed by atoms with Crippen LogP contribution in [0.1, 0.15) is 19.3 Å². The van der Waals surface area contributed by atoms with Gasteiger partial charge in [-0.25, -0.2) is 0 Å². The summed E-state index contributed by atoms with van der Waals surface area (Å²) >= 11 is 0. The van der Waals surface area contributed by atoms with Gasteiger partial charge in [0.2, 0.25) is 0 Å². The fourth-order valence-electron chi connectivity index (χ4n) is 2.86. The number of methoxy groups -OCH3 is 1. The average molecular weight is 266 g/mol. The topological polar surface area (TPSA) is 67.8 Å². The minimum absolute atomic E-state index is 0. The fraction of sp³-hybridized carbons (Fsp3) is 0.909. The molecular weight excluding hydrogens is 246 g/mol. The SMILES string of the molecule is COC(=O)C1(C2(O)CCNC2)CCOCC1.Cl. The highest BCUT2D eigenvalue weighted by atomic mass is 35.5. The Bertz CT molecular complexity index is 273. The highest BCUT2D eigenvalue weighted by molar-refractivity contribution is 5.85. The molecule has 17 heavy (non-hydrogen) atoms. The molecule has 0 radical (unpaired) electrons. The highest BCUT2D eigenvalue weighted by Crippen LogP contribution is 2.45. The minimum Gasteiger partial charge on any atom is -0.469 e. The molecule has 2 aliphatic heterocycles.